The van der Waals surface area contributed by atoms with E-state index in [1.165, 1.54) is 4.88 Å². The van der Waals surface area contributed by atoms with Crippen molar-refractivity contribution in [2.45, 2.75) is 0 Å². The molecule has 3 aromatic heterocycles. The molecule has 3 heterocycles. The van der Waals surface area contributed by atoms with E-state index in [1.807, 2.05) is 12.1 Å². The van der Waals surface area contributed by atoms with E-state index < -0.39 is 0 Å². The van der Waals surface area contributed by atoms with Gasteiger partial charge in [0.15, 0.2) is 5.82 Å². The van der Waals surface area contributed by atoms with Crippen LogP contribution in [-0.2, 0) is 0 Å². The minimum atomic E-state index is 0.616. The molecule has 3 aromatic rings. The lowest BCUT2D eigenvalue weighted by Crippen LogP contribution is -1.89. The Kier molecular flexibility index (Phi) is 3.68. The molecule has 0 spiro atoms. The second kappa shape index (κ2) is 5.61. The molecular formula is C13H8ClN3S2. The van der Waals surface area contributed by atoms with E-state index >= 15 is 0 Å². The molecule has 0 bridgehead atoms. The van der Waals surface area contributed by atoms with Gasteiger partial charge in [0.05, 0.1) is 5.02 Å². The molecule has 0 aromatic carbocycles. The first-order valence-electron chi connectivity index (χ1n) is 5.48. The van der Waals surface area contributed by atoms with Crippen molar-refractivity contribution in [1.82, 2.24) is 9.97 Å². The van der Waals surface area contributed by atoms with Gasteiger partial charge in [-0.1, -0.05) is 32.3 Å². The molecular weight excluding hydrogens is 298 g/mol. The number of halogens is 1. The Morgan fingerprint density at radius 1 is 1.05 bits per heavy atom. The van der Waals surface area contributed by atoms with Gasteiger partial charge in [0.2, 0.25) is 0 Å². The van der Waals surface area contributed by atoms with Crippen molar-refractivity contribution >= 4 is 38.1 Å². The van der Waals surface area contributed by atoms with Crippen LogP contribution in [0.4, 0.5) is 5.82 Å². The van der Waals surface area contributed by atoms with Gasteiger partial charge in [-0.25, -0.2) is 9.98 Å². The highest BCUT2D eigenvalue weighted by molar-refractivity contribution is 7.69. The fourth-order valence-electron chi connectivity index (χ4n) is 1.49. The first-order valence-corrected chi connectivity index (χ1v) is 8.01. The first-order chi connectivity index (χ1) is 9.31. The van der Waals surface area contributed by atoms with E-state index in [4.69, 9.17) is 11.6 Å². The summed E-state index contributed by atoms with van der Waals surface area (Å²) >= 11 is 5.79. The van der Waals surface area contributed by atoms with Crippen molar-refractivity contribution in [1.29, 1.82) is 0 Å². The molecule has 0 amide bonds. The van der Waals surface area contributed by atoms with E-state index in [9.17, 15) is 0 Å². The third-order valence-electron chi connectivity index (χ3n) is 2.37. The maximum atomic E-state index is 5.79. The lowest BCUT2D eigenvalue weighted by Gasteiger charge is -1.92. The second-order valence-corrected chi connectivity index (χ2v) is 6.32. The fourth-order valence-corrected chi connectivity index (χ4v) is 3.76. The number of nitrogens with zero attached hydrogens (tertiary/aromatic N) is 3. The average Bonchev–Trinajstić information content (AvgIpc) is 2.91. The summed E-state index contributed by atoms with van der Waals surface area (Å²) < 4.78 is 0.937. The van der Waals surface area contributed by atoms with Crippen molar-refractivity contribution < 1.29 is 0 Å². The first kappa shape index (κ1) is 12.5. The lowest BCUT2D eigenvalue weighted by molar-refractivity contribution is 1.24. The Morgan fingerprint density at radius 2 is 1.89 bits per heavy atom. The number of rotatable bonds is 2. The highest BCUT2D eigenvalue weighted by Crippen LogP contribution is 2.24. The number of hydrogen-bond donors (Lipinski definition) is 0. The molecule has 0 atom stereocenters. The minimum Gasteiger partial charge on any atom is -0.265 e. The maximum Gasteiger partial charge on any atom is 0.153 e. The van der Waals surface area contributed by atoms with E-state index in [-0.39, 0.29) is 0 Å². The molecule has 0 saturated heterocycles. The van der Waals surface area contributed by atoms with Gasteiger partial charge in [-0.15, -0.1) is 0 Å². The van der Waals surface area contributed by atoms with Crippen molar-refractivity contribution in [2.75, 3.05) is 0 Å². The summed E-state index contributed by atoms with van der Waals surface area (Å²) in [6, 6.07) is 9.62. The molecule has 0 fully saturated rings. The van der Waals surface area contributed by atoms with Gasteiger partial charge in [-0.3, -0.25) is 4.98 Å². The van der Waals surface area contributed by atoms with Crippen LogP contribution in [-0.4, -0.2) is 9.97 Å². The van der Waals surface area contributed by atoms with Gasteiger partial charge < -0.3 is 0 Å². The van der Waals surface area contributed by atoms with Gasteiger partial charge in [-0.05, 0) is 35.9 Å². The van der Waals surface area contributed by atoms with E-state index in [0.717, 1.165) is 10.2 Å². The van der Waals surface area contributed by atoms with Crippen LogP contribution in [0.25, 0.3) is 10.4 Å². The molecule has 0 radical (unpaired) electrons. The average molecular weight is 306 g/mol. The molecule has 94 valence electrons. The van der Waals surface area contributed by atoms with Crippen LogP contribution in [0.2, 0.25) is 5.02 Å². The summed E-state index contributed by atoms with van der Waals surface area (Å²) in [5.74, 6) is 0.666. The molecule has 3 nitrogen and oxygen atoms in total. The van der Waals surface area contributed by atoms with Crippen LogP contribution < -0.4 is 4.67 Å². The summed E-state index contributed by atoms with van der Waals surface area (Å²) in [7, 11) is 3.32. The Balaban J connectivity index is 1.95. The quantitative estimate of drug-likeness (QED) is 0.667. The van der Waals surface area contributed by atoms with Gasteiger partial charge in [0, 0.05) is 23.5 Å². The van der Waals surface area contributed by atoms with Crippen molar-refractivity contribution in [2.24, 2.45) is 4.99 Å². The van der Waals surface area contributed by atoms with E-state index in [1.54, 1.807) is 51.4 Å². The second-order valence-electron chi connectivity index (χ2n) is 3.70. The predicted octanol–water partition coefficient (Wildman–Crippen LogP) is 4.15. The van der Waals surface area contributed by atoms with Crippen LogP contribution in [0.5, 0.6) is 0 Å². The molecule has 0 aliphatic carbocycles. The molecule has 0 unspecified atom stereocenters. The molecule has 3 rings (SSSR count). The van der Waals surface area contributed by atoms with Crippen LogP contribution in [0.1, 0.15) is 0 Å². The zero-order valence-corrected chi connectivity index (χ0v) is 12.0. The largest absolute Gasteiger partial charge is 0.265 e. The molecule has 0 aliphatic heterocycles. The molecule has 6 heteroatoms. The standard InChI is InChI=1S/C13H8ClN3S2/c14-10-1-2-12(16-8-10)17-13-7-11(18-19-13)9-3-5-15-6-4-9/h1-8H/b17-13-. The minimum absolute atomic E-state index is 0.616. The van der Waals surface area contributed by atoms with Gasteiger partial charge in [0.25, 0.3) is 0 Å². The van der Waals surface area contributed by atoms with Gasteiger partial charge >= 0.3 is 0 Å². The zero-order valence-electron chi connectivity index (χ0n) is 9.65. The smallest absolute Gasteiger partial charge is 0.153 e. The predicted molar refractivity (Wildman–Crippen MR) is 79.9 cm³/mol. The third kappa shape index (κ3) is 3.07. The molecule has 19 heavy (non-hydrogen) atoms. The van der Waals surface area contributed by atoms with Crippen LogP contribution in [0.3, 0.4) is 0 Å². The number of pyridine rings is 2. The fraction of sp³-hybridized carbons (Fsp3) is 0. The third-order valence-corrected chi connectivity index (χ3v) is 4.89. The Morgan fingerprint density at radius 3 is 2.63 bits per heavy atom. The summed E-state index contributed by atoms with van der Waals surface area (Å²) in [6.07, 6.45) is 5.18. The monoisotopic (exact) mass is 305 g/mol. The van der Waals surface area contributed by atoms with Crippen molar-refractivity contribution in [3.05, 3.63) is 58.6 Å². The summed E-state index contributed by atoms with van der Waals surface area (Å²) in [5, 5.41) is 0.616. The highest BCUT2D eigenvalue weighted by Gasteiger charge is 2.00. The Bertz CT molecular complexity index is 732. The van der Waals surface area contributed by atoms with E-state index in [2.05, 4.69) is 21.0 Å². The van der Waals surface area contributed by atoms with Crippen molar-refractivity contribution in [3.63, 3.8) is 0 Å². The molecule has 0 aliphatic rings. The summed E-state index contributed by atoms with van der Waals surface area (Å²) in [4.78, 5) is 13.8. The van der Waals surface area contributed by atoms with Crippen LogP contribution in [0.15, 0.2) is 53.9 Å². The Hall–Kier alpha value is -1.56. The van der Waals surface area contributed by atoms with E-state index in [0.29, 0.717) is 10.8 Å². The van der Waals surface area contributed by atoms with Gasteiger partial charge in [0.1, 0.15) is 4.67 Å². The summed E-state index contributed by atoms with van der Waals surface area (Å²) in [6.45, 7) is 0. The topological polar surface area (TPSA) is 38.1 Å². The maximum absolute atomic E-state index is 5.79. The molecule has 0 saturated carbocycles. The zero-order chi connectivity index (χ0) is 13.1. The normalized spacial score (nSPS) is 11.7. The molecule has 0 N–H and O–H groups in total. The van der Waals surface area contributed by atoms with Crippen molar-refractivity contribution in [3.8, 4) is 10.4 Å². The SMILES string of the molecule is Clc1ccc(/N=c2/cc(-c3ccncc3)ss2)nc1. The van der Waals surface area contributed by atoms with Gasteiger partial charge in [-0.2, -0.15) is 0 Å². The lowest BCUT2D eigenvalue weighted by atomic mass is 10.2. The highest BCUT2D eigenvalue weighted by atomic mass is 35.5. The number of hydrogen-bond acceptors (Lipinski definition) is 5. The van der Waals surface area contributed by atoms with Crippen LogP contribution in [0, 0.1) is 0 Å². The van der Waals surface area contributed by atoms with Crippen LogP contribution >= 0.6 is 32.3 Å². The summed E-state index contributed by atoms with van der Waals surface area (Å²) in [5.41, 5.74) is 1.15. The number of aromatic nitrogens is 2. The Labute approximate surface area is 122 Å².